The lowest BCUT2D eigenvalue weighted by atomic mass is 9.95. The lowest BCUT2D eigenvalue weighted by Gasteiger charge is -2.35. The van der Waals surface area contributed by atoms with Gasteiger partial charge >= 0.3 is 0 Å². The topological polar surface area (TPSA) is 59.1 Å². The Hall–Kier alpha value is -2.15. The number of carbonyl (C=O) groups is 2. The van der Waals surface area contributed by atoms with Crippen LogP contribution < -0.4 is 4.74 Å². The fourth-order valence-electron chi connectivity index (χ4n) is 3.36. The van der Waals surface area contributed by atoms with Crippen LogP contribution in [0.5, 0.6) is 5.75 Å². The predicted molar refractivity (Wildman–Crippen MR) is 93.2 cm³/mol. The molecule has 0 spiro atoms. The van der Waals surface area contributed by atoms with Crippen molar-refractivity contribution in [2.45, 2.75) is 19.3 Å². The summed E-state index contributed by atoms with van der Waals surface area (Å²) in [7, 11) is 0. The Bertz CT molecular complexity index is 608. The maximum absolute atomic E-state index is 12.8. The number of rotatable bonds is 5. The lowest BCUT2D eigenvalue weighted by Crippen LogP contribution is -2.47. The van der Waals surface area contributed by atoms with Crippen LogP contribution in [-0.4, -0.2) is 67.6 Å². The normalized spacial score (nSPS) is 18.7. The molecular weight excluding hydrogens is 339 g/mol. The second kappa shape index (κ2) is 8.98. The Balaban J connectivity index is 1.37. The van der Waals surface area contributed by atoms with E-state index in [0.717, 1.165) is 0 Å². The van der Waals surface area contributed by atoms with Crippen molar-refractivity contribution in [3.05, 3.63) is 30.1 Å². The van der Waals surface area contributed by atoms with E-state index in [1.807, 2.05) is 4.90 Å². The monoisotopic (exact) mass is 364 g/mol. The molecule has 2 saturated heterocycles. The first-order valence-corrected chi connectivity index (χ1v) is 9.16. The molecule has 1 aromatic rings. The van der Waals surface area contributed by atoms with E-state index in [0.29, 0.717) is 58.0 Å². The Labute approximate surface area is 152 Å². The molecule has 2 aliphatic rings. The van der Waals surface area contributed by atoms with E-state index >= 15 is 0 Å². The summed E-state index contributed by atoms with van der Waals surface area (Å²) < 4.78 is 23.6. The van der Waals surface area contributed by atoms with E-state index in [4.69, 9.17) is 9.47 Å². The van der Waals surface area contributed by atoms with Crippen molar-refractivity contribution >= 4 is 11.8 Å². The van der Waals surface area contributed by atoms with E-state index < -0.39 is 0 Å². The molecule has 7 heteroatoms. The van der Waals surface area contributed by atoms with Crippen molar-refractivity contribution in [2.24, 2.45) is 5.92 Å². The van der Waals surface area contributed by atoms with Crippen LogP contribution in [0.25, 0.3) is 0 Å². The number of carbonyl (C=O) groups excluding carboxylic acids is 2. The average Bonchev–Trinajstić information content (AvgIpc) is 2.69. The van der Waals surface area contributed by atoms with Gasteiger partial charge in [-0.15, -0.1) is 0 Å². The molecule has 2 heterocycles. The number of likely N-dealkylation sites (tertiary alicyclic amines) is 1. The largest absolute Gasteiger partial charge is 0.493 e. The smallest absolute Gasteiger partial charge is 0.225 e. The van der Waals surface area contributed by atoms with E-state index in [1.165, 1.54) is 12.1 Å². The fraction of sp³-hybridized carbons (Fsp3) is 0.579. The minimum Gasteiger partial charge on any atom is -0.493 e. The van der Waals surface area contributed by atoms with E-state index in [-0.39, 0.29) is 36.6 Å². The van der Waals surface area contributed by atoms with Crippen molar-refractivity contribution in [3.63, 3.8) is 0 Å². The summed E-state index contributed by atoms with van der Waals surface area (Å²) in [5.41, 5.74) is 0. The molecule has 2 fully saturated rings. The van der Waals surface area contributed by atoms with Crippen LogP contribution in [0.15, 0.2) is 24.3 Å². The van der Waals surface area contributed by atoms with Crippen molar-refractivity contribution < 1.29 is 23.5 Å². The highest BCUT2D eigenvalue weighted by atomic mass is 19.1. The lowest BCUT2D eigenvalue weighted by molar-refractivity contribution is -0.143. The number of morpholine rings is 1. The fourth-order valence-corrected chi connectivity index (χ4v) is 3.36. The van der Waals surface area contributed by atoms with Gasteiger partial charge in [-0.2, -0.15) is 0 Å². The van der Waals surface area contributed by atoms with Crippen molar-refractivity contribution in [1.29, 1.82) is 0 Å². The third-order valence-electron chi connectivity index (χ3n) is 4.92. The molecule has 0 N–H and O–H groups in total. The van der Waals surface area contributed by atoms with Gasteiger partial charge in [-0.1, -0.05) is 0 Å². The minimum absolute atomic E-state index is 0.00705. The highest BCUT2D eigenvalue weighted by Crippen LogP contribution is 2.21. The van der Waals surface area contributed by atoms with Gasteiger partial charge in [0.1, 0.15) is 11.6 Å². The molecule has 142 valence electrons. The third-order valence-corrected chi connectivity index (χ3v) is 4.92. The van der Waals surface area contributed by atoms with Gasteiger partial charge in [-0.25, -0.2) is 4.39 Å². The summed E-state index contributed by atoms with van der Waals surface area (Å²) in [6, 6.07) is 5.74. The highest BCUT2D eigenvalue weighted by Gasteiger charge is 2.30. The Morgan fingerprint density at radius 3 is 2.35 bits per heavy atom. The van der Waals surface area contributed by atoms with Crippen molar-refractivity contribution in [1.82, 2.24) is 9.80 Å². The zero-order chi connectivity index (χ0) is 18.4. The molecule has 6 nitrogen and oxygen atoms in total. The number of halogens is 1. The molecule has 26 heavy (non-hydrogen) atoms. The number of amides is 2. The first kappa shape index (κ1) is 18.6. The molecule has 2 amide bonds. The molecule has 2 aliphatic heterocycles. The van der Waals surface area contributed by atoms with Gasteiger partial charge in [-0.05, 0) is 37.1 Å². The zero-order valence-corrected chi connectivity index (χ0v) is 14.9. The van der Waals surface area contributed by atoms with Crippen LogP contribution >= 0.6 is 0 Å². The Morgan fingerprint density at radius 2 is 1.69 bits per heavy atom. The number of hydrogen-bond acceptors (Lipinski definition) is 4. The Kier molecular flexibility index (Phi) is 6.44. The Morgan fingerprint density at radius 1 is 1.04 bits per heavy atom. The van der Waals surface area contributed by atoms with Gasteiger partial charge in [0, 0.05) is 32.1 Å². The molecule has 0 radical (unpaired) electrons. The second-order valence-corrected chi connectivity index (χ2v) is 6.65. The molecule has 0 bridgehead atoms. The summed E-state index contributed by atoms with van der Waals surface area (Å²) in [6.45, 7) is 4.02. The highest BCUT2D eigenvalue weighted by molar-refractivity contribution is 5.80. The van der Waals surface area contributed by atoms with Crippen LogP contribution in [0.4, 0.5) is 4.39 Å². The summed E-state index contributed by atoms with van der Waals surface area (Å²) in [6.07, 6.45) is 1.70. The maximum atomic E-state index is 12.8. The van der Waals surface area contributed by atoms with Crippen LogP contribution in [0.2, 0.25) is 0 Å². The first-order valence-electron chi connectivity index (χ1n) is 9.16. The number of nitrogens with zero attached hydrogens (tertiary/aromatic N) is 2. The number of benzene rings is 1. The molecule has 3 rings (SSSR count). The average molecular weight is 364 g/mol. The third kappa shape index (κ3) is 4.94. The van der Waals surface area contributed by atoms with Crippen LogP contribution in [0.1, 0.15) is 19.3 Å². The number of ether oxygens (including phenoxy) is 2. The first-order chi connectivity index (χ1) is 12.6. The van der Waals surface area contributed by atoms with Crippen molar-refractivity contribution in [3.8, 4) is 5.75 Å². The quantitative estimate of drug-likeness (QED) is 0.798. The van der Waals surface area contributed by atoms with E-state index in [2.05, 4.69) is 0 Å². The van der Waals surface area contributed by atoms with E-state index in [9.17, 15) is 14.0 Å². The summed E-state index contributed by atoms with van der Waals surface area (Å²) in [5, 5.41) is 0. The van der Waals surface area contributed by atoms with Crippen molar-refractivity contribution in [2.75, 3.05) is 46.0 Å². The van der Waals surface area contributed by atoms with Crippen LogP contribution in [0, 0.1) is 11.7 Å². The minimum atomic E-state index is -0.317. The van der Waals surface area contributed by atoms with Crippen LogP contribution in [0.3, 0.4) is 0 Å². The number of hydrogen-bond donors (Lipinski definition) is 0. The molecule has 0 aromatic heterocycles. The molecule has 1 aromatic carbocycles. The van der Waals surface area contributed by atoms with Gasteiger partial charge in [0.2, 0.25) is 11.8 Å². The predicted octanol–water partition coefficient (Wildman–Crippen LogP) is 1.69. The standard InChI is InChI=1S/C19H25FN2O4/c20-16-1-3-17(4-2-16)26-12-7-18(23)21-8-5-15(6-9-21)19(24)22-10-13-25-14-11-22/h1-4,15H,5-14H2. The molecular formula is C19H25FN2O4. The van der Waals surface area contributed by atoms with Gasteiger partial charge in [-0.3, -0.25) is 9.59 Å². The second-order valence-electron chi connectivity index (χ2n) is 6.65. The molecule has 0 aliphatic carbocycles. The summed E-state index contributed by atoms with van der Waals surface area (Å²) >= 11 is 0. The van der Waals surface area contributed by atoms with Gasteiger partial charge in [0.25, 0.3) is 0 Å². The maximum Gasteiger partial charge on any atom is 0.225 e. The SMILES string of the molecule is O=C(CCOc1ccc(F)cc1)N1CCC(C(=O)N2CCOCC2)CC1. The van der Waals surface area contributed by atoms with Gasteiger partial charge in [0.05, 0.1) is 26.2 Å². The zero-order valence-electron chi connectivity index (χ0n) is 14.9. The summed E-state index contributed by atoms with van der Waals surface area (Å²) in [5.74, 6) is 0.467. The van der Waals surface area contributed by atoms with Gasteiger partial charge in [0.15, 0.2) is 0 Å². The summed E-state index contributed by atoms with van der Waals surface area (Å²) in [4.78, 5) is 28.5. The van der Waals surface area contributed by atoms with E-state index in [1.54, 1.807) is 17.0 Å². The number of piperidine rings is 1. The molecule has 0 unspecified atom stereocenters. The molecule has 0 saturated carbocycles. The van der Waals surface area contributed by atoms with Gasteiger partial charge < -0.3 is 19.3 Å². The molecule has 0 atom stereocenters. The van der Waals surface area contributed by atoms with Crippen LogP contribution in [-0.2, 0) is 14.3 Å².